The lowest BCUT2D eigenvalue weighted by molar-refractivity contribution is 0.461. The number of hydrogen-bond donors (Lipinski definition) is 5. The van der Waals surface area contributed by atoms with Crippen LogP contribution in [0.2, 0.25) is 25.1 Å². The Morgan fingerprint density at radius 1 is 0.450 bits per heavy atom. The van der Waals surface area contributed by atoms with Crippen molar-refractivity contribution in [3.05, 3.63) is 141 Å². The van der Waals surface area contributed by atoms with E-state index in [1.165, 1.54) is 0 Å². The van der Waals surface area contributed by atoms with Crippen molar-refractivity contribution in [2.45, 2.75) is 134 Å². The Labute approximate surface area is 384 Å². The molecule has 5 aromatic carbocycles. The Kier molecular flexibility index (Phi) is 23.8. The minimum atomic E-state index is 0.308. The van der Waals surface area contributed by atoms with Crippen LogP contribution in [-0.2, 0) is 19.3 Å². The van der Waals surface area contributed by atoms with Gasteiger partial charge in [0.2, 0.25) is 0 Å². The van der Waals surface area contributed by atoms with E-state index in [2.05, 4.69) is 20.8 Å². The van der Waals surface area contributed by atoms with E-state index in [4.69, 9.17) is 58.0 Å². The molecule has 330 valence electrons. The Balaban J connectivity index is 0.000000375. The van der Waals surface area contributed by atoms with Crippen LogP contribution in [0.5, 0.6) is 28.7 Å². The van der Waals surface area contributed by atoms with Gasteiger partial charge in [0.05, 0.1) is 0 Å². The van der Waals surface area contributed by atoms with E-state index in [0.717, 1.165) is 118 Å². The maximum Gasteiger partial charge on any atom is 0.119 e. The zero-order valence-corrected chi connectivity index (χ0v) is 41.3. The van der Waals surface area contributed by atoms with E-state index in [1.54, 1.807) is 30.3 Å². The molecule has 5 N–H and O–H groups in total. The van der Waals surface area contributed by atoms with Gasteiger partial charge in [-0.05, 0) is 195 Å². The van der Waals surface area contributed by atoms with Gasteiger partial charge in [0.1, 0.15) is 28.7 Å². The summed E-state index contributed by atoms with van der Waals surface area (Å²) in [7, 11) is 0. The van der Waals surface area contributed by atoms with E-state index in [1.807, 2.05) is 93.5 Å². The zero-order valence-electron chi connectivity index (χ0n) is 37.5. The van der Waals surface area contributed by atoms with Crippen LogP contribution in [0.1, 0.15) is 134 Å². The van der Waals surface area contributed by atoms with Crippen LogP contribution in [0.4, 0.5) is 0 Å². The highest BCUT2D eigenvalue weighted by atomic mass is 35.5. The Bertz CT molecular complexity index is 2160. The molecule has 5 rings (SSSR count). The summed E-state index contributed by atoms with van der Waals surface area (Å²) >= 11 is 29.7. The summed E-state index contributed by atoms with van der Waals surface area (Å²) < 4.78 is 0. The van der Waals surface area contributed by atoms with Crippen molar-refractivity contribution < 1.29 is 25.5 Å². The second-order valence-corrected chi connectivity index (χ2v) is 17.3. The van der Waals surface area contributed by atoms with Gasteiger partial charge in [-0.3, -0.25) is 0 Å². The average molecular weight is 923 g/mol. The van der Waals surface area contributed by atoms with Crippen LogP contribution in [-0.4, -0.2) is 25.5 Å². The van der Waals surface area contributed by atoms with Crippen molar-refractivity contribution in [1.82, 2.24) is 0 Å². The van der Waals surface area contributed by atoms with E-state index in [9.17, 15) is 25.5 Å². The summed E-state index contributed by atoms with van der Waals surface area (Å²) in [6.45, 7) is 25.7. The van der Waals surface area contributed by atoms with Crippen LogP contribution in [0.15, 0.2) is 54.6 Å². The SMILES string of the molecule is CCC(C)c1cc(Cl)c(C)cc1O.CCCc1cc(Cl)c(C)cc1O.CCc1c(O)cc(C)c(Cl)c1C.CCc1cc(Cl)c(C)cc1O.Cc1cc(O)c(C(C)C)cc1Cl. The van der Waals surface area contributed by atoms with Gasteiger partial charge >= 0.3 is 0 Å². The molecule has 1 unspecified atom stereocenters. The molecule has 0 fully saturated rings. The molecule has 5 nitrogen and oxygen atoms in total. The summed E-state index contributed by atoms with van der Waals surface area (Å²) in [6.07, 6.45) is 4.54. The molecule has 0 radical (unpaired) electrons. The molecule has 0 aliphatic heterocycles. The Morgan fingerprint density at radius 3 is 1.25 bits per heavy atom. The fraction of sp³-hybridized carbons (Fsp3) is 0.400. The molecular weight excluding hydrogens is 858 g/mol. The number of aromatic hydroxyl groups is 5. The quantitative estimate of drug-likeness (QED) is 0.112. The number of benzene rings is 5. The smallest absolute Gasteiger partial charge is 0.119 e. The molecule has 0 saturated carbocycles. The van der Waals surface area contributed by atoms with Crippen molar-refractivity contribution >= 4 is 58.0 Å². The van der Waals surface area contributed by atoms with Gasteiger partial charge in [0.25, 0.3) is 0 Å². The standard InChI is InChI=1S/C11H15ClO.3C10H13ClO.C9H11ClO/c1-4-7(2)9-6-10(12)8(3)5-11(9)13;1-6(2)8-5-9(11)7(3)4-10(8)12;1-4-8-7(3)10(11)6(2)5-9(8)12;1-3-4-8-6-9(11)7(2)5-10(8)12;1-3-7-5-8(10)6(2)4-9(7)11/h5-7,13H,4H2,1-3H3;4-6,12H,1-3H3;5,12H,4H2,1-3H3;5-6,12H,3-4H2,1-2H3;4-5,11H,3H2,1-2H3. The summed E-state index contributed by atoms with van der Waals surface area (Å²) in [5.74, 6) is 2.43. The van der Waals surface area contributed by atoms with Crippen LogP contribution in [0.3, 0.4) is 0 Å². The third kappa shape index (κ3) is 16.4. The lowest BCUT2D eigenvalue weighted by Crippen LogP contribution is -1.92. The largest absolute Gasteiger partial charge is 0.508 e. The van der Waals surface area contributed by atoms with Crippen LogP contribution < -0.4 is 0 Å². The molecule has 1 atom stereocenters. The van der Waals surface area contributed by atoms with E-state index >= 15 is 0 Å². The third-order valence-corrected chi connectivity index (χ3v) is 12.4. The highest BCUT2D eigenvalue weighted by Crippen LogP contribution is 2.34. The Morgan fingerprint density at radius 2 is 0.833 bits per heavy atom. The minimum absolute atomic E-state index is 0.308. The fourth-order valence-corrected chi connectivity index (χ4v) is 6.92. The summed E-state index contributed by atoms with van der Waals surface area (Å²) in [6, 6.07) is 15.9. The normalized spacial score (nSPS) is 10.9. The molecule has 10 heteroatoms. The average Bonchev–Trinajstić information content (AvgIpc) is 3.18. The van der Waals surface area contributed by atoms with Crippen molar-refractivity contribution in [2.24, 2.45) is 0 Å². The molecule has 0 spiro atoms. The van der Waals surface area contributed by atoms with Crippen molar-refractivity contribution in [3.63, 3.8) is 0 Å². The maximum absolute atomic E-state index is 9.66. The van der Waals surface area contributed by atoms with Crippen LogP contribution in [0.25, 0.3) is 0 Å². The van der Waals surface area contributed by atoms with Crippen LogP contribution in [0, 0.1) is 41.5 Å². The van der Waals surface area contributed by atoms with Crippen molar-refractivity contribution in [2.75, 3.05) is 0 Å². The Hall–Kier alpha value is -3.45. The van der Waals surface area contributed by atoms with Gasteiger partial charge in [0.15, 0.2) is 0 Å². The zero-order chi connectivity index (χ0) is 46.2. The summed E-state index contributed by atoms with van der Waals surface area (Å²) in [5.41, 5.74) is 10.3. The number of halogens is 5. The second kappa shape index (κ2) is 26.1. The predicted molar refractivity (Wildman–Crippen MR) is 260 cm³/mol. The predicted octanol–water partition coefficient (Wildman–Crippen LogP) is 16.8. The van der Waals surface area contributed by atoms with Gasteiger partial charge in [-0.2, -0.15) is 0 Å². The van der Waals surface area contributed by atoms with Gasteiger partial charge in [-0.15, -0.1) is 0 Å². The first-order valence-electron chi connectivity index (χ1n) is 20.4. The van der Waals surface area contributed by atoms with Gasteiger partial charge < -0.3 is 25.5 Å². The molecule has 0 aromatic heterocycles. The number of aryl methyl sites for hydroxylation is 7. The van der Waals surface area contributed by atoms with E-state index in [0.29, 0.717) is 40.6 Å². The lowest BCUT2D eigenvalue weighted by atomic mass is 9.96. The van der Waals surface area contributed by atoms with Crippen LogP contribution >= 0.6 is 58.0 Å². The number of phenols is 5. The maximum atomic E-state index is 9.66. The molecule has 5 aromatic rings. The van der Waals surface area contributed by atoms with Gasteiger partial charge in [-0.25, -0.2) is 0 Å². The number of phenolic OH excluding ortho intramolecular Hbond substituents is 5. The van der Waals surface area contributed by atoms with Gasteiger partial charge in [-0.1, -0.05) is 113 Å². The minimum Gasteiger partial charge on any atom is -0.508 e. The molecule has 0 amide bonds. The van der Waals surface area contributed by atoms with E-state index < -0.39 is 0 Å². The molecular formula is C50H65Cl5O5. The topological polar surface area (TPSA) is 101 Å². The summed E-state index contributed by atoms with van der Waals surface area (Å²) in [4.78, 5) is 0. The monoisotopic (exact) mass is 920 g/mol. The molecule has 0 aliphatic carbocycles. The first kappa shape index (κ1) is 54.6. The van der Waals surface area contributed by atoms with Crippen molar-refractivity contribution in [1.29, 1.82) is 0 Å². The summed E-state index contributed by atoms with van der Waals surface area (Å²) in [5, 5.41) is 51.2. The van der Waals surface area contributed by atoms with Crippen molar-refractivity contribution in [3.8, 4) is 28.7 Å². The molecule has 60 heavy (non-hydrogen) atoms. The number of hydrogen-bond acceptors (Lipinski definition) is 5. The lowest BCUT2D eigenvalue weighted by Gasteiger charge is -2.12. The first-order valence-corrected chi connectivity index (χ1v) is 22.3. The fourth-order valence-electron chi connectivity index (χ4n) is 6.03. The van der Waals surface area contributed by atoms with Gasteiger partial charge in [0, 0.05) is 25.1 Å². The molecule has 0 bridgehead atoms. The number of rotatable bonds is 7. The third-order valence-electron chi connectivity index (χ3n) is 10.1. The second-order valence-electron chi connectivity index (χ2n) is 15.3. The molecule has 0 saturated heterocycles. The molecule has 0 aliphatic rings. The first-order chi connectivity index (χ1) is 27.9. The van der Waals surface area contributed by atoms with E-state index in [-0.39, 0.29) is 0 Å². The molecule has 0 heterocycles. The highest BCUT2D eigenvalue weighted by molar-refractivity contribution is 6.33. The highest BCUT2D eigenvalue weighted by Gasteiger charge is 2.12.